The highest BCUT2D eigenvalue weighted by atomic mass is 19.1. The highest BCUT2D eigenvalue weighted by Crippen LogP contribution is 2.24. The van der Waals surface area contributed by atoms with Gasteiger partial charge in [-0.3, -0.25) is 14.7 Å². The van der Waals surface area contributed by atoms with Crippen molar-refractivity contribution in [3.05, 3.63) is 41.8 Å². The average Bonchev–Trinajstić information content (AvgIpc) is 3.25. The Morgan fingerprint density at radius 2 is 2.12 bits per heavy atom. The lowest BCUT2D eigenvalue weighted by Gasteiger charge is -2.17. The van der Waals surface area contributed by atoms with Crippen LogP contribution in [0.15, 0.2) is 30.5 Å². The maximum atomic E-state index is 14.0. The molecule has 1 fully saturated rings. The van der Waals surface area contributed by atoms with E-state index < -0.39 is 5.82 Å². The maximum Gasteiger partial charge on any atom is 0.257 e. The van der Waals surface area contributed by atoms with Crippen molar-refractivity contribution in [2.75, 3.05) is 13.6 Å². The zero-order valence-corrected chi connectivity index (χ0v) is 13.4. The molecule has 6 nitrogen and oxygen atoms in total. The third kappa shape index (κ3) is 3.61. The lowest BCUT2D eigenvalue weighted by atomic mass is 10.1. The van der Waals surface area contributed by atoms with Crippen molar-refractivity contribution < 1.29 is 14.0 Å². The topological polar surface area (TPSA) is 78.1 Å². The Labute approximate surface area is 139 Å². The van der Waals surface area contributed by atoms with Gasteiger partial charge in [0.1, 0.15) is 5.82 Å². The van der Waals surface area contributed by atoms with Crippen molar-refractivity contribution in [1.82, 2.24) is 20.4 Å². The summed E-state index contributed by atoms with van der Waals surface area (Å²) in [7, 11) is 1.62. The minimum Gasteiger partial charge on any atom is -0.353 e. The first kappa shape index (κ1) is 16.2. The Morgan fingerprint density at radius 3 is 2.83 bits per heavy atom. The number of aromatic amines is 1. The summed E-state index contributed by atoms with van der Waals surface area (Å²) in [6.07, 6.45) is 3.68. The lowest BCUT2D eigenvalue weighted by Crippen LogP contribution is -2.33. The number of carbonyl (C=O) groups is 2. The first-order valence-corrected chi connectivity index (χ1v) is 7.89. The van der Waals surface area contributed by atoms with E-state index in [2.05, 4.69) is 15.5 Å². The molecule has 1 aliphatic carbocycles. The predicted molar refractivity (Wildman–Crippen MR) is 86.7 cm³/mol. The fourth-order valence-electron chi connectivity index (χ4n) is 2.42. The van der Waals surface area contributed by atoms with Crippen LogP contribution in [0.25, 0.3) is 11.3 Å². The summed E-state index contributed by atoms with van der Waals surface area (Å²) in [4.78, 5) is 25.7. The molecular formula is C17H19FN4O2. The molecule has 3 rings (SSSR count). The Morgan fingerprint density at radius 1 is 1.38 bits per heavy atom. The van der Waals surface area contributed by atoms with E-state index in [0.29, 0.717) is 23.8 Å². The molecule has 126 valence electrons. The number of benzene rings is 1. The van der Waals surface area contributed by atoms with Gasteiger partial charge in [-0.05, 0) is 25.0 Å². The smallest absolute Gasteiger partial charge is 0.257 e. The third-order valence-electron chi connectivity index (χ3n) is 3.98. The summed E-state index contributed by atoms with van der Waals surface area (Å²) < 4.78 is 14.0. The van der Waals surface area contributed by atoms with Gasteiger partial charge in [0.05, 0.1) is 17.5 Å². The van der Waals surface area contributed by atoms with E-state index in [1.54, 1.807) is 25.2 Å². The second-order valence-corrected chi connectivity index (χ2v) is 5.96. The van der Waals surface area contributed by atoms with E-state index in [9.17, 15) is 14.0 Å². The van der Waals surface area contributed by atoms with Gasteiger partial charge >= 0.3 is 0 Å². The van der Waals surface area contributed by atoms with Crippen LogP contribution in [0.3, 0.4) is 0 Å². The number of hydrogen-bond donors (Lipinski definition) is 2. The molecule has 2 aromatic rings. The van der Waals surface area contributed by atoms with E-state index in [-0.39, 0.29) is 23.8 Å². The van der Waals surface area contributed by atoms with Crippen molar-refractivity contribution in [1.29, 1.82) is 0 Å². The Hall–Kier alpha value is -2.70. The Bertz CT molecular complexity index is 755. The van der Waals surface area contributed by atoms with Crippen LogP contribution in [-0.4, -0.2) is 46.5 Å². The van der Waals surface area contributed by atoms with Gasteiger partial charge in [0.15, 0.2) is 0 Å². The van der Waals surface area contributed by atoms with E-state index in [1.165, 1.54) is 17.2 Å². The first-order valence-electron chi connectivity index (χ1n) is 7.89. The predicted octanol–water partition coefficient (Wildman–Crippen LogP) is 1.96. The van der Waals surface area contributed by atoms with Crippen molar-refractivity contribution in [3.8, 4) is 11.3 Å². The fraction of sp³-hybridized carbons (Fsp3) is 0.353. The molecule has 7 heteroatoms. The summed E-state index contributed by atoms with van der Waals surface area (Å²) in [6.45, 7) is 0.291. The number of halogens is 1. The zero-order valence-electron chi connectivity index (χ0n) is 13.4. The van der Waals surface area contributed by atoms with Crippen molar-refractivity contribution >= 4 is 11.8 Å². The van der Waals surface area contributed by atoms with E-state index in [0.717, 1.165) is 12.8 Å². The average molecular weight is 330 g/mol. The van der Waals surface area contributed by atoms with Crippen LogP contribution >= 0.6 is 0 Å². The van der Waals surface area contributed by atoms with Gasteiger partial charge in [-0.1, -0.05) is 12.1 Å². The SMILES string of the molecule is CN(CCC(=O)NC1CC1)C(=O)c1cn[nH]c1-c1ccccc1F. The minimum atomic E-state index is -0.428. The second-order valence-electron chi connectivity index (χ2n) is 5.96. The quantitative estimate of drug-likeness (QED) is 0.850. The van der Waals surface area contributed by atoms with Gasteiger partial charge in [0, 0.05) is 31.6 Å². The summed E-state index contributed by atoms with van der Waals surface area (Å²) >= 11 is 0. The van der Waals surface area contributed by atoms with Crippen LogP contribution < -0.4 is 5.32 Å². The molecule has 2 amide bonds. The summed E-state index contributed by atoms with van der Waals surface area (Å²) in [5, 5.41) is 9.43. The molecule has 0 saturated heterocycles. The third-order valence-corrected chi connectivity index (χ3v) is 3.98. The molecule has 0 aliphatic heterocycles. The largest absolute Gasteiger partial charge is 0.353 e. The van der Waals surface area contributed by atoms with Crippen molar-refractivity contribution in [3.63, 3.8) is 0 Å². The molecule has 1 saturated carbocycles. The summed E-state index contributed by atoms with van der Waals surface area (Å²) in [5.74, 6) is -0.790. The minimum absolute atomic E-state index is 0.0568. The van der Waals surface area contributed by atoms with Crippen LogP contribution in [0, 0.1) is 5.82 Å². The molecule has 1 aromatic carbocycles. The van der Waals surface area contributed by atoms with Gasteiger partial charge in [-0.25, -0.2) is 4.39 Å². The number of amides is 2. The summed E-state index contributed by atoms with van der Waals surface area (Å²) in [5.41, 5.74) is 0.913. The highest BCUT2D eigenvalue weighted by molar-refractivity contribution is 5.99. The van der Waals surface area contributed by atoms with Crippen molar-refractivity contribution in [2.45, 2.75) is 25.3 Å². The fourth-order valence-corrected chi connectivity index (χ4v) is 2.42. The van der Waals surface area contributed by atoms with Gasteiger partial charge in [0.25, 0.3) is 5.91 Å². The first-order chi connectivity index (χ1) is 11.6. The number of nitrogens with zero attached hydrogens (tertiary/aromatic N) is 2. The zero-order chi connectivity index (χ0) is 17.1. The molecule has 2 N–H and O–H groups in total. The number of hydrogen-bond acceptors (Lipinski definition) is 3. The van der Waals surface area contributed by atoms with E-state index in [1.807, 2.05) is 0 Å². The van der Waals surface area contributed by atoms with Crippen LogP contribution in [0.1, 0.15) is 29.6 Å². The van der Waals surface area contributed by atoms with Gasteiger partial charge in [-0.15, -0.1) is 0 Å². The maximum absolute atomic E-state index is 14.0. The molecule has 0 atom stereocenters. The molecule has 1 aliphatic rings. The standard InChI is InChI=1S/C17H19FN4O2/c1-22(9-8-15(23)20-11-6-7-11)17(24)13-10-19-21-16(13)12-4-2-3-5-14(12)18/h2-5,10-11H,6-9H2,1H3,(H,19,21)(H,20,23). The Kier molecular flexibility index (Phi) is 4.59. The highest BCUT2D eigenvalue weighted by Gasteiger charge is 2.24. The van der Waals surface area contributed by atoms with Crippen molar-refractivity contribution in [2.24, 2.45) is 0 Å². The normalized spacial score (nSPS) is 13.6. The van der Waals surface area contributed by atoms with E-state index >= 15 is 0 Å². The number of nitrogens with one attached hydrogen (secondary N) is 2. The van der Waals surface area contributed by atoms with Gasteiger partial charge in [-0.2, -0.15) is 5.10 Å². The Balaban J connectivity index is 1.67. The van der Waals surface area contributed by atoms with Crippen LogP contribution in [0.2, 0.25) is 0 Å². The monoisotopic (exact) mass is 330 g/mol. The molecule has 0 spiro atoms. The van der Waals surface area contributed by atoms with Crippen LogP contribution in [0.4, 0.5) is 4.39 Å². The number of carbonyl (C=O) groups excluding carboxylic acids is 2. The molecule has 0 unspecified atom stereocenters. The molecule has 1 aromatic heterocycles. The number of H-pyrrole nitrogens is 1. The summed E-state index contributed by atoms with van der Waals surface area (Å²) in [6, 6.07) is 6.50. The molecule has 1 heterocycles. The number of rotatable bonds is 6. The molecule has 0 bridgehead atoms. The second kappa shape index (κ2) is 6.82. The molecule has 0 radical (unpaired) electrons. The lowest BCUT2D eigenvalue weighted by molar-refractivity contribution is -0.121. The molecular weight excluding hydrogens is 311 g/mol. The van der Waals surface area contributed by atoms with Gasteiger partial charge in [0.2, 0.25) is 5.91 Å². The molecule has 24 heavy (non-hydrogen) atoms. The van der Waals surface area contributed by atoms with Gasteiger partial charge < -0.3 is 10.2 Å². The number of aromatic nitrogens is 2. The van der Waals surface area contributed by atoms with E-state index in [4.69, 9.17) is 0 Å². The van der Waals surface area contributed by atoms with Crippen LogP contribution in [-0.2, 0) is 4.79 Å². The van der Waals surface area contributed by atoms with Crippen LogP contribution in [0.5, 0.6) is 0 Å².